The first kappa shape index (κ1) is 27.7. The van der Waals surface area contributed by atoms with Gasteiger partial charge in [0, 0.05) is 22.1 Å². The summed E-state index contributed by atoms with van der Waals surface area (Å²) in [6.45, 7) is 8.13. The molecule has 6 aromatic rings. The van der Waals surface area contributed by atoms with Gasteiger partial charge in [0.1, 0.15) is 0 Å². The summed E-state index contributed by atoms with van der Waals surface area (Å²) in [5.41, 5.74) is 11.6. The second-order valence-corrected chi connectivity index (χ2v) is 14.3. The van der Waals surface area contributed by atoms with E-state index in [9.17, 15) is 0 Å². The molecule has 11 rings (SSSR count). The lowest BCUT2D eigenvalue weighted by atomic mass is 9.42. The largest absolute Gasteiger partial charge is 0.238 e. The van der Waals surface area contributed by atoms with E-state index in [4.69, 9.17) is 21.5 Å². The average molecular weight is 619 g/mol. The zero-order valence-corrected chi connectivity index (χ0v) is 26.7. The predicted octanol–water partition coefficient (Wildman–Crippen LogP) is 10.8. The minimum atomic E-state index is -0.0164. The van der Waals surface area contributed by atoms with Crippen LogP contribution < -0.4 is 0 Å². The quantitative estimate of drug-likeness (QED) is 0.185. The Bertz CT molecular complexity index is 2160. The van der Waals surface area contributed by atoms with Crippen molar-refractivity contribution in [1.82, 2.24) is 15.0 Å². The van der Waals surface area contributed by atoms with Gasteiger partial charge in [-0.05, 0) is 89.2 Å². The maximum Gasteiger partial charge on any atom is 0.195 e. The maximum atomic E-state index is 8.13. The highest BCUT2D eigenvalue weighted by Crippen LogP contribution is 2.71. The summed E-state index contributed by atoms with van der Waals surface area (Å²) in [6.07, 6.45) is 6.67. The molecule has 0 saturated heterocycles. The normalized spacial score (nSPS) is 24.3. The van der Waals surface area contributed by atoms with Crippen molar-refractivity contribution in [2.45, 2.75) is 37.5 Å². The third-order valence-corrected chi connectivity index (χ3v) is 11.9. The van der Waals surface area contributed by atoms with Gasteiger partial charge in [0.2, 0.25) is 0 Å². The lowest BCUT2D eigenvalue weighted by Gasteiger charge is -2.61. The summed E-state index contributed by atoms with van der Waals surface area (Å²) in [7, 11) is 0. The van der Waals surface area contributed by atoms with Crippen molar-refractivity contribution in [3.05, 3.63) is 144 Å². The Hall–Kier alpha value is -5.40. The van der Waals surface area contributed by atoms with Crippen LogP contribution in [0.4, 0.5) is 5.69 Å². The molecule has 0 unspecified atom stereocenters. The van der Waals surface area contributed by atoms with Gasteiger partial charge in [-0.25, -0.2) is 19.8 Å². The first-order valence-corrected chi connectivity index (χ1v) is 17.3. The predicted molar refractivity (Wildman–Crippen MR) is 191 cm³/mol. The molecule has 0 atom stereocenters. The van der Waals surface area contributed by atoms with E-state index in [1.165, 1.54) is 65.5 Å². The number of hydrogen-bond acceptors (Lipinski definition) is 3. The molecule has 0 radical (unpaired) electrons. The fraction of sp³-hybridized carbons (Fsp3) is 0.227. The van der Waals surface area contributed by atoms with E-state index in [1.54, 1.807) is 0 Å². The standard InChI is InChI=1S/C44H34N4/c1-45-38-17-9-16-37-39(38)36-15-8-14-35(40(36)44(37)33-23-27-22-28(25-33)26-34(44)24-27)29-18-20-32(21-19-29)43-47-41(30-10-4-2-5-11-30)46-42(48-43)31-12-6-3-7-13-31/h2-21,27-28,33-34H,22-26H2. The van der Waals surface area contributed by atoms with Gasteiger partial charge in [-0.2, -0.15) is 0 Å². The first-order valence-electron chi connectivity index (χ1n) is 17.3. The molecule has 0 amide bonds. The van der Waals surface area contributed by atoms with Gasteiger partial charge in [0.05, 0.1) is 6.57 Å². The first-order chi connectivity index (χ1) is 23.7. The fourth-order valence-electron chi connectivity index (χ4n) is 10.4. The molecule has 4 saturated carbocycles. The molecular weight excluding hydrogens is 585 g/mol. The Morgan fingerprint density at radius 3 is 1.56 bits per heavy atom. The van der Waals surface area contributed by atoms with E-state index in [1.807, 2.05) is 66.7 Å². The number of hydrogen-bond donors (Lipinski definition) is 0. The summed E-state index contributed by atoms with van der Waals surface area (Å²) < 4.78 is 0. The Balaban J connectivity index is 1.12. The van der Waals surface area contributed by atoms with Gasteiger partial charge in [-0.1, -0.05) is 121 Å². The minimum absolute atomic E-state index is 0.0164. The molecule has 0 N–H and O–H groups in total. The van der Waals surface area contributed by atoms with Crippen molar-refractivity contribution in [3.63, 3.8) is 0 Å². The highest BCUT2D eigenvalue weighted by Gasteiger charge is 2.62. The summed E-state index contributed by atoms with van der Waals surface area (Å²) in [6, 6.07) is 42.5. The number of aromatic nitrogens is 3. The van der Waals surface area contributed by atoms with Crippen molar-refractivity contribution in [2.24, 2.45) is 23.7 Å². The monoisotopic (exact) mass is 618 g/mol. The van der Waals surface area contributed by atoms with E-state index >= 15 is 0 Å². The van der Waals surface area contributed by atoms with Crippen LogP contribution in [0.15, 0.2) is 121 Å². The second-order valence-electron chi connectivity index (χ2n) is 14.3. The Morgan fingerprint density at radius 1 is 0.500 bits per heavy atom. The molecular formula is C44H34N4. The highest BCUT2D eigenvalue weighted by molar-refractivity contribution is 5.95. The van der Waals surface area contributed by atoms with Crippen molar-refractivity contribution < 1.29 is 0 Å². The molecule has 4 heteroatoms. The zero-order chi connectivity index (χ0) is 31.8. The summed E-state index contributed by atoms with van der Waals surface area (Å²) in [5, 5.41) is 0. The van der Waals surface area contributed by atoms with E-state index in [0.29, 0.717) is 29.3 Å². The van der Waals surface area contributed by atoms with Crippen LogP contribution in [0.25, 0.3) is 61.3 Å². The molecule has 230 valence electrons. The molecule has 5 aliphatic carbocycles. The molecule has 4 fully saturated rings. The van der Waals surface area contributed by atoms with Crippen LogP contribution in [0.3, 0.4) is 0 Å². The van der Waals surface area contributed by atoms with Crippen molar-refractivity contribution in [3.8, 4) is 56.4 Å². The van der Waals surface area contributed by atoms with Gasteiger partial charge in [-0.15, -0.1) is 0 Å². The summed E-state index contributed by atoms with van der Waals surface area (Å²) in [4.78, 5) is 18.9. The topological polar surface area (TPSA) is 43.0 Å². The SMILES string of the molecule is [C-]#[N+]c1cccc2c1-c1cccc(-c3ccc(-c4nc(-c5ccccc5)nc(-c5ccccc5)n4)cc3)c1C21C2CC3CC(C2)CC1C3. The molecule has 1 heterocycles. The average Bonchev–Trinajstić information content (AvgIpc) is 3.45. The van der Waals surface area contributed by atoms with Crippen LogP contribution in [0.2, 0.25) is 0 Å². The molecule has 48 heavy (non-hydrogen) atoms. The van der Waals surface area contributed by atoms with Crippen molar-refractivity contribution in [1.29, 1.82) is 0 Å². The van der Waals surface area contributed by atoms with Crippen LogP contribution in [-0.2, 0) is 5.41 Å². The van der Waals surface area contributed by atoms with E-state index in [0.717, 1.165) is 34.2 Å². The smallest absolute Gasteiger partial charge is 0.195 e. The molecule has 1 aromatic heterocycles. The number of fused-ring (bicyclic) bond motifs is 3. The fourth-order valence-corrected chi connectivity index (χ4v) is 10.4. The van der Waals surface area contributed by atoms with Crippen LogP contribution in [-0.4, -0.2) is 15.0 Å². The van der Waals surface area contributed by atoms with Gasteiger partial charge >= 0.3 is 0 Å². The van der Waals surface area contributed by atoms with Gasteiger partial charge in [-0.3, -0.25) is 0 Å². The number of nitrogens with zero attached hydrogens (tertiary/aromatic N) is 4. The molecule has 0 aliphatic heterocycles. The maximum absolute atomic E-state index is 8.13. The van der Waals surface area contributed by atoms with Crippen LogP contribution >= 0.6 is 0 Å². The highest BCUT2D eigenvalue weighted by atomic mass is 15.0. The molecule has 4 bridgehead atoms. The third kappa shape index (κ3) is 3.97. The summed E-state index contributed by atoms with van der Waals surface area (Å²) >= 11 is 0. The van der Waals surface area contributed by atoms with Crippen molar-refractivity contribution >= 4 is 5.69 Å². The lowest BCUT2D eigenvalue weighted by Crippen LogP contribution is -2.55. The van der Waals surface area contributed by atoms with Gasteiger partial charge < -0.3 is 0 Å². The molecule has 5 aliphatic rings. The molecule has 1 spiro atoms. The third-order valence-electron chi connectivity index (χ3n) is 11.9. The Labute approximate surface area is 281 Å². The van der Waals surface area contributed by atoms with Crippen molar-refractivity contribution in [2.75, 3.05) is 0 Å². The van der Waals surface area contributed by atoms with Gasteiger partial charge in [0.25, 0.3) is 0 Å². The molecule has 4 nitrogen and oxygen atoms in total. The van der Waals surface area contributed by atoms with Crippen LogP contribution in [0.5, 0.6) is 0 Å². The van der Waals surface area contributed by atoms with E-state index in [-0.39, 0.29) is 5.41 Å². The van der Waals surface area contributed by atoms with Crippen LogP contribution in [0, 0.1) is 30.2 Å². The lowest BCUT2D eigenvalue weighted by molar-refractivity contribution is -0.0397. The number of benzene rings is 5. The Morgan fingerprint density at radius 2 is 1.00 bits per heavy atom. The van der Waals surface area contributed by atoms with Crippen LogP contribution in [0.1, 0.15) is 43.2 Å². The Kier molecular flexibility index (Phi) is 6.09. The molecule has 5 aromatic carbocycles. The van der Waals surface area contributed by atoms with E-state index in [2.05, 4.69) is 59.4 Å². The summed E-state index contributed by atoms with van der Waals surface area (Å²) in [5.74, 6) is 5.00. The van der Waals surface area contributed by atoms with E-state index < -0.39 is 0 Å². The minimum Gasteiger partial charge on any atom is -0.238 e. The number of rotatable bonds is 4. The van der Waals surface area contributed by atoms with Gasteiger partial charge in [0.15, 0.2) is 23.2 Å². The zero-order valence-electron chi connectivity index (χ0n) is 26.7. The second kappa shape index (κ2) is 10.6.